The van der Waals surface area contributed by atoms with E-state index < -0.39 is 0 Å². The van der Waals surface area contributed by atoms with Gasteiger partial charge in [-0.2, -0.15) is 9.61 Å². The Hall–Kier alpha value is -3.45. The van der Waals surface area contributed by atoms with Gasteiger partial charge >= 0.3 is 0 Å². The molecule has 0 bridgehead atoms. The topological polar surface area (TPSA) is 60.9 Å². The van der Waals surface area contributed by atoms with E-state index in [-0.39, 0.29) is 0 Å². The van der Waals surface area contributed by atoms with Crippen LogP contribution in [0.1, 0.15) is 0 Å². The molecule has 0 aliphatic carbocycles. The van der Waals surface area contributed by atoms with Crippen LogP contribution in [0.4, 0.5) is 0 Å². The molecular formula is C21H16N6S. The molecule has 7 heteroatoms. The smallest absolute Gasteiger partial charge is 0.193 e. The van der Waals surface area contributed by atoms with Gasteiger partial charge in [-0.15, -0.1) is 11.7 Å². The van der Waals surface area contributed by atoms with Crippen molar-refractivity contribution in [2.24, 2.45) is 0 Å². The predicted molar refractivity (Wildman–Crippen MR) is 112 cm³/mol. The van der Waals surface area contributed by atoms with Crippen molar-refractivity contribution < 1.29 is 0 Å². The number of fused-ring (bicyclic) bond motifs is 3. The Morgan fingerprint density at radius 3 is 2.43 bits per heavy atom. The van der Waals surface area contributed by atoms with E-state index in [0.29, 0.717) is 5.82 Å². The third-order valence-electron chi connectivity index (χ3n) is 4.34. The second-order valence-electron chi connectivity index (χ2n) is 6.16. The van der Waals surface area contributed by atoms with Crippen molar-refractivity contribution in [3.63, 3.8) is 0 Å². The summed E-state index contributed by atoms with van der Waals surface area (Å²) in [5.74, 6) is 1.40. The summed E-state index contributed by atoms with van der Waals surface area (Å²) in [6, 6.07) is 19.9. The van der Waals surface area contributed by atoms with Crippen LogP contribution in [-0.2, 0) is 0 Å². The van der Waals surface area contributed by atoms with Crippen LogP contribution in [0.3, 0.4) is 0 Å². The zero-order valence-electron chi connectivity index (χ0n) is 14.9. The molecule has 0 spiro atoms. The van der Waals surface area contributed by atoms with E-state index in [1.807, 2.05) is 71.4 Å². The molecule has 0 aliphatic heterocycles. The lowest BCUT2D eigenvalue weighted by atomic mass is 10.2. The van der Waals surface area contributed by atoms with Gasteiger partial charge in [-0.1, -0.05) is 66.4 Å². The molecule has 5 rings (SSSR count). The van der Waals surface area contributed by atoms with Gasteiger partial charge in [-0.3, -0.25) is 0 Å². The highest BCUT2D eigenvalue weighted by atomic mass is 32.2. The molecule has 0 saturated carbocycles. The maximum Gasteiger partial charge on any atom is 0.193 e. The van der Waals surface area contributed by atoms with Crippen molar-refractivity contribution >= 4 is 28.4 Å². The summed E-state index contributed by atoms with van der Waals surface area (Å²) in [6.45, 7) is 3.81. The van der Waals surface area contributed by atoms with Crippen LogP contribution in [0, 0.1) is 0 Å². The van der Waals surface area contributed by atoms with Crippen molar-refractivity contribution in [1.29, 1.82) is 0 Å². The minimum Gasteiger partial charge on any atom is -0.215 e. The maximum absolute atomic E-state index is 4.86. The average molecular weight is 384 g/mol. The van der Waals surface area contributed by atoms with Gasteiger partial charge < -0.3 is 0 Å². The van der Waals surface area contributed by atoms with E-state index in [1.165, 1.54) is 0 Å². The van der Waals surface area contributed by atoms with E-state index in [4.69, 9.17) is 15.1 Å². The summed E-state index contributed by atoms with van der Waals surface area (Å²) < 4.78 is 3.64. The molecule has 0 aliphatic rings. The van der Waals surface area contributed by atoms with Gasteiger partial charge in [0.05, 0.1) is 17.3 Å². The van der Waals surface area contributed by atoms with Gasteiger partial charge in [0.15, 0.2) is 22.3 Å². The minimum atomic E-state index is 0.669. The Labute approximate surface area is 165 Å². The quantitative estimate of drug-likeness (QED) is 0.255. The number of benzene rings is 2. The van der Waals surface area contributed by atoms with E-state index in [1.54, 1.807) is 22.5 Å². The second kappa shape index (κ2) is 6.94. The third kappa shape index (κ3) is 2.76. The molecule has 5 aromatic rings. The highest BCUT2D eigenvalue weighted by Gasteiger charge is 2.18. The van der Waals surface area contributed by atoms with Crippen LogP contribution in [0.15, 0.2) is 84.7 Å². The Kier molecular flexibility index (Phi) is 4.14. The minimum absolute atomic E-state index is 0.669. The lowest BCUT2D eigenvalue weighted by Crippen LogP contribution is -2.02. The number of aromatic nitrogens is 6. The SMILES string of the molecule is C=CCSc1nc2c(cnn2-c2ccccc2)c2nc(-c3ccccc3)nn12. The summed E-state index contributed by atoms with van der Waals surface area (Å²) in [7, 11) is 0. The third-order valence-corrected chi connectivity index (χ3v) is 5.26. The zero-order chi connectivity index (χ0) is 18.9. The van der Waals surface area contributed by atoms with Crippen molar-refractivity contribution in [1.82, 2.24) is 29.4 Å². The summed E-state index contributed by atoms with van der Waals surface area (Å²) in [5.41, 5.74) is 3.43. The fourth-order valence-electron chi connectivity index (χ4n) is 3.06. The standard InChI is InChI=1S/C21H16N6S/c1-2-13-28-21-24-20-17(14-22-26(20)16-11-7-4-8-12-16)19-23-18(25-27(19)21)15-9-5-3-6-10-15/h2-12,14H,1,13H2. The first-order valence-electron chi connectivity index (χ1n) is 8.84. The van der Waals surface area contributed by atoms with Crippen LogP contribution < -0.4 is 0 Å². The van der Waals surface area contributed by atoms with Crippen LogP contribution in [0.2, 0.25) is 0 Å². The Bertz CT molecular complexity index is 1270. The molecule has 0 fully saturated rings. The molecule has 6 nitrogen and oxygen atoms in total. The zero-order valence-corrected chi connectivity index (χ0v) is 15.8. The largest absolute Gasteiger partial charge is 0.215 e. The van der Waals surface area contributed by atoms with Gasteiger partial charge in [0, 0.05) is 11.3 Å². The van der Waals surface area contributed by atoms with Crippen LogP contribution >= 0.6 is 11.8 Å². The van der Waals surface area contributed by atoms with Gasteiger partial charge in [0.25, 0.3) is 0 Å². The first-order chi connectivity index (χ1) is 13.8. The molecule has 0 radical (unpaired) electrons. The normalized spacial score (nSPS) is 11.3. The summed E-state index contributed by atoms with van der Waals surface area (Å²) in [6.07, 6.45) is 3.65. The number of rotatable bonds is 5. The molecule has 2 aromatic carbocycles. The first-order valence-corrected chi connectivity index (χ1v) is 9.83. The fraction of sp³-hybridized carbons (Fsp3) is 0.0476. The molecule has 136 valence electrons. The van der Waals surface area contributed by atoms with Crippen molar-refractivity contribution in [3.05, 3.63) is 79.5 Å². The van der Waals surface area contributed by atoms with Gasteiger partial charge in [-0.05, 0) is 12.1 Å². The molecule has 0 unspecified atom stereocenters. The fourth-order valence-corrected chi connectivity index (χ4v) is 3.73. The maximum atomic E-state index is 4.86. The predicted octanol–water partition coefficient (Wildman–Crippen LogP) is 4.41. The average Bonchev–Trinajstić information content (AvgIpc) is 3.38. The van der Waals surface area contributed by atoms with Crippen molar-refractivity contribution in [3.8, 4) is 17.1 Å². The molecular weight excluding hydrogens is 368 g/mol. The highest BCUT2D eigenvalue weighted by Crippen LogP contribution is 2.27. The van der Waals surface area contributed by atoms with Crippen molar-refractivity contribution in [2.45, 2.75) is 5.16 Å². The summed E-state index contributed by atoms with van der Waals surface area (Å²) >= 11 is 1.57. The summed E-state index contributed by atoms with van der Waals surface area (Å²) in [5, 5.41) is 10.9. The van der Waals surface area contributed by atoms with E-state index >= 15 is 0 Å². The van der Waals surface area contributed by atoms with Gasteiger partial charge in [0.2, 0.25) is 0 Å². The van der Waals surface area contributed by atoms with E-state index in [0.717, 1.165) is 38.8 Å². The molecule has 0 atom stereocenters. The second-order valence-corrected chi connectivity index (χ2v) is 7.15. The molecule has 0 saturated heterocycles. The highest BCUT2D eigenvalue weighted by molar-refractivity contribution is 7.99. The lowest BCUT2D eigenvalue weighted by Gasteiger charge is -2.05. The lowest BCUT2D eigenvalue weighted by molar-refractivity contribution is 0.797. The van der Waals surface area contributed by atoms with Crippen LogP contribution in [0.5, 0.6) is 0 Å². The molecule has 0 amide bonds. The van der Waals surface area contributed by atoms with Gasteiger partial charge in [-0.25, -0.2) is 14.6 Å². The van der Waals surface area contributed by atoms with Crippen LogP contribution in [0.25, 0.3) is 33.8 Å². The van der Waals surface area contributed by atoms with Crippen molar-refractivity contribution in [2.75, 3.05) is 5.75 Å². The number of nitrogens with zero attached hydrogens (tertiary/aromatic N) is 6. The number of hydrogen-bond acceptors (Lipinski definition) is 5. The Balaban J connectivity index is 1.78. The Morgan fingerprint density at radius 1 is 0.929 bits per heavy atom. The molecule has 3 heterocycles. The van der Waals surface area contributed by atoms with Crippen LogP contribution in [-0.4, -0.2) is 35.1 Å². The number of para-hydroxylation sites is 1. The molecule has 3 aromatic heterocycles. The number of hydrogen-bond donors (Lipinski definition) is 0. The monoisotopic (exact) mass is 384 g/mol. The first kappa shape index (κ1) is 16.7. The Morgan fingerprint density at radius 2 is 1.68 bits per heavy atom. The van der Waals surface area contributed by atoms with E-state index in [9.17, 15) is 0 Å². The number of thioether (sulfide) groups is 1. The van der Waals surface area contributed by atoms with E-state index in [2.05, 4.69) is 11.7 Å². The molecule has 28 heavy (non-hydrogen) atoms. The summed E-state index contributed by atoms with van der Waals surface area (Å²) in [4.78, 5) is 9.67. The van der Waals surface area contributed by atoms with Gasteiger partial charge in [0.1, 0.15) is 0 Å². The molecule has 0 N–H and O–H groups in total.